The smallest absolute Gasteiger partial charge is 0.321 e. The van der Waals surface area contributed by atoms with Crippen LogP contribution in [0.5, 0.6) is 0 Å². The molecule has 0 aromatic carbocycles. The first kappa shape index (κ1) is 15.2. The van der Waals surface area contributed by atoms with Gasteiger partial charge in [0.05, 0.1) is 6.33 Å². The van der Waals surface area contributed by atoms with E-state index in [4.69, 9.17) is 10.2 Å². The number of nitrogens with one attached hydrogen (secondary N) is 2. The van der Waals surface area contributed by atoms with Crippen molar-refractivity contribution >= 4 is 11.9 Å². The van der Waals surface area contributed by atoms with E-state index in [1.54, 1.807) is 6.92 Å². The number of hydrogen-bond donors (Lipinski definition) is 4. The van der Waals surface area contributed by atoms with Crippen molar-refractivity contribution in [1.82, 2.24) is 15.3 Å². The highest BCUT2D eigenvalue weighted by Gasteiger charge is 2.29. The fourth-order valence-electron chi connectivity index (χ4n) is 1.77. The highest BCUT2D eigenvalue weighted by atomic mass is 16.4. The first-order valence-corrected chi connectivity index (χ1v) is 6.14. The third-order valence-corrected chi connectivity index (χ3v) is 3.14. The average Bonchev–Trinajstić information content (AvgIpc) is 2.85. The number of aromatic amines is 1. The van der Waals surface area contributed by atoms with Crippen molar-refractivity contribution in [2.24, 2.45) is 5.92 Å². The topological polar surface area (TPSA) is 115 Å². The van der Waals surface area contributed by atoms with Crippen LogP contribution in [0.4, 0.5) is 0 Å². The normalized spacial score (nSPS) is 15.7. The molecule has 0 fully saturated rings. The number of carboxylic acids is 2. The number of carbonyl (C=O) groups is 2. The van der Waals surface area contributed by atoms with E-state index in [-0.39, 0.29) is 12.3 Å². The molecule has 0 radical (unpaired) electrons. The van der Waals surface area contributed by atoms with Gasteiger partial charge in [-0.25, -0.2) is 4.98 Å². The summed E-state index contributed by atoms with van der Waals surface area (Å²) < 4.78 is 0. The quantitative estimate of drug-likeness (QED) is 0.546. The van der Waals surface area contributed by atoms with Crippen molar-refractivity contribution in [3.8, 4) is 0 Å². The zero-order valence-corrected chi connectivity index (χ0v) is 11.0. The van der Waals surface area contributed by atoms with E-state index in [9.17, 15) is 9.59 Å². The molecular weight excluding hydrogens is 250 g/mol. The van der Waals surface area contributed by atoms with E-state index in [0.717, 1.165) is 0 Å². The van der Waals surface area contributed by atoms with Crippen LogP contribution in [0.2, 0.25) is 0 Å². The number of carboxylic acid groups (broad SMARTS) is 2. The SMILES string of the molecule is CCC(C)C(N[C@H](Cc1cnc[nH]1)C(=O)O)C(=O)O. The molecule has 4 N–H and O–H groups in total. The van der Waals surface area contributed by atoms with Gasteiger partial charge in [-0.1, -0.05) is 20.3 Å². The number of hydrogen-bond acceptors (Lipinski definition) is 4. The Labute approximate surface area is 111 Å². The predicted octanol–water partition coefficient (Wildman–Crippen LogP) is 0.494. The molecule has 1 aromatic heterocycles. The minimum atomic E-state index is -1.08. The lowest BCUT2D eigenvalue weighted by Gasteiger charge is -2.24. The molecule has 106 valence electrons. The van der Waals surface area contributed by atoms with Crippen LogP contribution in [-0.2, 0) is 16.0 Å². The Hall–Kier alpha value is -1.89. The van der Waals surface area contributed by atoms with Gasteiger partial charge >= 0.3 is 11.9 Å². The number of rotatable bonds is 8. The largest absolute Gasteiger partial charge is 0.480 e. The van der Waals surface area contributed by atoms with E-state index in [1.165, 1.54) is 12.5 Å². The molecule has 0 saturated heterocycles. The third kappa shape index (κ3) is 4.36. The molecule has 0 aliphatic rings. The molecule has 0 aliphatic carbocycles. The molecule has 7 heteroatoms. The van der Waals surface area contributed by atoms with Gasteiger partial charge in [0.1, 0.15) is 12.1 Å². The van der Waals surface area contributed by atoms with E-state index in [0.29, 0.717) is 12.1 Å². The van der Waals surface area contributed by atoms with Gasteiger partial charge in [0, 0.05) is 18.3 Å². The predicted molar refractivity (Wildman–Crippen MR) is 67.7 cm³/mol. The number of H-pyrrole nitrogens is 1. The Kier molecular flexibility index (Phi) is 5.50. The molecule has 0 bridgehead atoms. The molecule has 1 aromatic rings. The van der Waals surface area contributed by atoms with Gasteiger partial charge in [-0.3, -0.25) is 14.9 Å². The summed E-state index contributed by atoms with van der Waals surface area (Å²) in [7, 11) is 0. The molecule has 0 spiro atoms. The van der Waals surface area contributed by atoms with Crippen LogP contribution in [0.25, 0.3) is 0 Å². The van der Waals surface area contributed by atoms with Crippen LogP contribution < -0.4 is 5.32 Å². The van der Waals surface area contributed by atoms with Gasteiger partial charge in [0.25, 0.3) is 0 Å². The summed E-state index contributed by atoms with van der Waals surface area (Å²) in [6.07, 6.45) is 3.80. The summed E-state index contributed by atoms with van der Waals surface area (Å²) in [4.78, 5) is 29.0. The van der Waals surface area contributed by atoms with Gasteiger partial charge in [-0.05, 0) is 5.92 Å². The van der Waals surface area contributed by atoms with Crippen LogP contribution in [0, 0.1) is 5.92 Å². The van der Waals surface area contributed by atoms with E-state index >= 15 is 0 Å². The highest BCUT2D eigenvalue weighted by Crippen LogP contribution is 2.10. The van der Waals surface area contributed by atoms with Crippen LogP contribution >= 0.6 is 0 Å². The van der Waals surface area contributed by atoms with Crippen molar-refractivity contribution in [2.45, 2.75) is 38.8 Å². The maximum absolute atomic E-state index is 11.2. The maximum atomic E-state index is 11.2. The Morgan fingerprint density at radius 2 is 2.11 bits per heavy atom. The second-order valence-electron chi connectivity index (χ2n) is 4.54. The number of aliphatic carboxylic acids is 2. The molecule has 2 unspecified atom stereocenters. The number of imidazole rings is 1. The fraction of sp³-hybridized carbons (Fsp3) is 0.583. The zero-order valence-electron chi connectivity index (χ0n) is 11.0. The second kappa shape index (κ2) is 6.89. The summed E-state index contributed by atoms with van der Waals surface area (Å²) in [6, 6.07) is -1.84. The highest BCUT2D eigenvalue weighted by molar-refractivity contribution is 5.77. The standard InChI is InChI=1S/C12H19N3O4/c1-3-7(2)10(12(18)19)15-9(11(16)17)4-8-5-13-6-14-8/h5-7,9-10,15H,3-4H2,1-2H3,(H,13,14)(H,16,17)(H,18,19)/t7?,9-,10?/m1/s1. The Bertz CT molecular complexity index is 419. The Balaban J connectivity index is 2.76. The Morgan fingerprint density at radius 1 is 1.42 bits per heavy atom. The van der Waals surface area contributed by atoms with Gasteiger partial charge < -0.3 is 15.2 Å². The Morgan fingerprint density at radius 3 is 2.53 bits per heavy atom. The van der Waals surface area contributed by atoms with Gasteiger partial charge in [0.15, 0.2) is 0 Å². The molecule has 3 atom stereocenters. The van der Waals surface area contributed by atoms with Crippen molar-refractivity contribution in [2.75, 3.05) is 0 Å². The summed E-state index contributed by atoms with van der Waals surface area (Å²) >= 11 is 0. The molecule has 0 saturated carbocycles. The molecule has 19 heavy (non-hydrogen) atoms. The van der Waals surface area contributed by atoms with E-state index in [1.807, 2.05) is 6.92 Å². The van der Waals surface area contributed by atoms with Gasteiger partial charge in [-0.15, -0.1) is 0 Å². The zero-order chi connectivity index (χ0) is 14.4. The van der Waals surface area contributed by atoms with Gasteiger partial charge in [0.2, 0.25) is 0 Å². The number of nitrogens with zero attached hydrogens (tertiary/aromatic N) is 1. The monoisotopic (exact) mass is 269 g/mol. The second-order valence-corrected chi connectivity index (χ2v) is 4.54. The summed E-state index contributed by atoms with van der Waals surface area (Å²) in [6.45, 7) is 3.65. The van der Waals surface area contributed by atoms with Crippen LogP contribution in [0.1, 0.15) is 26.0 Å². The molecule has 0 amide bonds. The molecular formula is C12H19N3O4. The summed E-state index contributed by atoms with van der Waals surface area (Å²) in [5, 5.41) is 21.0. The van der Waals surface area contributed by atoms with E-state index < -0.39 is 24.0 Å². The summed E-state index contributed by atoms with van der Waals surface area (Å²) in [5.74, 6) is -2.27. The minimum absolute atomic E-state index is 0.152. The van der Waals surface area contributed by atoms with Crippen LogP contribution in [-0.4, -0.2) is 44.2 Å². The minimum Gasteiger partial charge on any atom is -0.480 e. The average molecular weight is 269 g/mol. The number of aromatic nitrogens is 2. The van der Waals surface area contributed by atoms with E-state index in [2.05, 4.69) is 15.3 Å². The molecule has 0 aliphatic heterocycles. The lowest BCUT2D eigenvalue weighted by molar-refractivity contribution is -0.143. The van der Waals surface area contributed by atoms with Gasteiger partial charge in [-0.2, -0.15) is 0 Å². The lowest BCUT2D eigenvalue weighted by atomic mass is 9.97. The lowest BCUT2D eigenvalue weighted by Crippen LogP contribution is -2.51. The van der Waals surface area contributed by atoms with Crippen LogP contribution in [0.15, 0.2) is 12.5 Å². The van der Waals surface area contributed by atoms with Crippen molar-refractivity contribution in [1.29, 1.82) is 0 Å². The summed E-state index contributed by atoms with van der Waals surface area (Å²) in [5.41, 5.74) is 0.646. The first-order chi connectivity index (χ1) is 8.95. The fourth-order valence-corrected chi connectivity index (χ4v) is 1.77. The molecule has 1 heterocycles. The molecule has 7 nitrogen and oxygen atoms in total. The maximum Gasteiger partial charge on any atom is 0.321 e. The van der Waals surface area contributed by atoms with Crippen molar-refractivity contribution in [3.05, 3.63) is 18.2 Å². The molecule has 1 rings (SSSR count). The van der Waals surface area contributed by atoms with Crippen molar-refractivity contribution < 1.29 is 19.8 Å². The third-order valence-electron chi connectivity index (χ3n) is 3.14. The van der Waals surface area contributed by atoms with Crippen molar-refractivity contribution in [3.63, 3.8) is 0 Å². The first-order valence-electron chi connectivity index (χ1n) is 6.14. The van der Waals surface area contributed by atoms with Crippen LogP contribution in [0.3, 0.4) is 0 Å².